The van der Waals surface area contributed by atoms with E-state index in [1.54, 1.807) is 11.6 Å². The molecular weight excluding hydrogens is 414 g/mol. The maximum atomic E-state index is 13.1. The van der Waals surface area contributed by atoms with E-state index >= 15 is 0 Å². The van der Waals surface area contributed by atoms with Gasteiger partial charge in [0, 0.05) is 24.0 Å². The van der Waals surface area contributed by atoms with E-state index in [2.05, 4.69) is 15.4 Å². The van der Waals surface area contributed by atoms with Crippen molar-refractivity contribution in [3.63, 3.8) is 0 Å². The first-order chi connectivity index (χ1) is 16.0. The molecule has 3 aromatic carbocycles. The van der Waals surface area contributed by atoms with Crippen molar-refractivity contribution in [2.45, 2.75) is 26.8 Å². The van der Waals surface area contributed by atoms with Gasteiger partial charge in [-0.25, -0.2) is 9.67 Å². The van der Waals surface area contributed by atoms with Crippen molar-refractivity contribution in [2.24, 2.45) is 0 Å². The summed E-state index contributed by atoms with van der Waals surface area (Å²) in [6.45, 7) is 4.03. The fraction of sp³-hybridized carbons (Fsp3) is 0.154. The average Bonchev–Trinajstić information content (AvgIpc) is 3.23. The van der Waals surface area contributed by atoms with Crippen LogP contribution in [0.1, 0.15) is 17.8 Å². The zero-order chi connectivity index (χ0) is 22.9. The molecule has 0 spiro atoms. The molecule has 2 aromatic heterocycles. The quantitative estimate of drug-likeness (QED) is 0.442. The zero-order valence-electron chi connectivity index (χ0n) is 18.4. The van der Waals surface area contributed by atoms with Gasteiger partial charge in [-0.2, -0.15) is 5.10 Å². The Balaban J connectivity index is 1.38. The number of anilines is 1. The summed E-state index contributed by atoms with van der Waals surface area (Å²) in [6.07, 6.45) is 1.69. The van der Waals surface area contributed by atoms with Gasteiger partial charge >= 0.3 is 0 Å². The number of benzene rings is 3. The molecule has 7 heteroatoms. The van der Waals surface area contributed by atoms with Gasteiger partial charge in [-0.1, -0.05) is 54.1 Å². The Hall–Kier alpha value is -4.26. The van der Waals surface area contributed by atoms with Crippen LogP contribution in [0.5, 0.6) is 0 Å². The third-order valence-electron chi connectivity index (χ3n) is 5.78. The van der Waals surface area contributed by atoms with Crippen molar-refractivity contribution >= 4 is 33.4 Å². The summed E-state index contributed by atoms with van der Waals surface area (Å²) in [7, 11) is 0. The number of rotatable bonds is 5. The van der Waals surface area contributed by atoms with Crippen molar-refractivity contribution in [3.8, 4) is 5.69 Å². The van der Waals surface area contributed by atoms with Crippen LogP contribution in [0.15, 0.2) is 77.7 Å². The summed E-state index contributed by atoms with van der Waals surface area (Å²) >= 11 is 0. The van der Waals surface area contributed by atoms with Crippen LogP contribution in [-0.4, -0.2) is 25.2 Å². The van der Waals surface area contributed by atoms with Gasteiger partial charge in [0.05, 0.1) is 11.9 Å². The van der Waals surface area contributed by atoms with Crippen molar-refractivity contribution in [2.75, 3.05) is 5.32 Å². The second-order valence-corrected chi connectivity index (χ2v) is 8.07. The van der Waals surface area contributed by atoms with Crippen molar-refractivity contribution in [3.05, 3.63) is 94.7 Å². The van der Waals surface area contributed by atoms with E-state index < -0.39 is 0 Å². The van der Waals surface area contributed by atoms with Gasteiger partial charge < -0.3 is 5.32 Å². The number of nitrogens with one attached hydrogen (secondary N) is 1. The number of hydrogen-bond donors (Lipinski definition) is 1. The van der Waals surface area contributed by atoms with Crippen molar-refractivity contribution < 1.29 is 4.79 Å². The number of hydrogen-bond acceptors (Lipinski definition) is 4. The van der Waals surface area contributed by atoms with E-state index in [9.17, 15) is 9.59 Å². The maximum absolute atomic E-state index is 13.1. The largest absolute Gasteiger partial charge is 0.325 e. The van der Waals surface area contributed by atoms with Gasteiger partial charge in [-0.15, -0.1) is 0 Å². The number of aromatic nitrogens is 4. The molecule has 5 rings (SSSR count). The monoisotopic (exact) mass is 437 g/mol. The number of carbonyl (C=O) groups is 1. The highest BCUT2D eigenvalue weighted by molar-refractivity contribution is 6.02. The molecule has 1 N–H and O–H groups in total. The average molecular weight is 438 g/mol. The van der Waals surface area contributed by atoms with Gasteiger partial charge in [-0.3, -0.25) is 14.2 Å². The Kier molecular flexibility index (Phi) is 5.22. The van der Waals surface area contributed by atoms with E-state index in [0.29, 0.717) is 16.9 Å². The zero-order valence-corrected chi connectivity index (χ0v) is 18.4. The van der Waals surface area contributed by atoms with Crippen LogP contribution in [0.4, 0.5) is 5.69 Å². The molecule has 0 saturated carbocycles. The molecule has 0 aliphatic carbocycles. The Bertz CT molecular complexity index is 1540. The number of amides is 1. The van der Waals surface area contributed by atoms with Gasteiger partial charge in [0.25, 0.3) is 5.56 Å². The standard InChI is InChI=1S/C26H23N5O2/c1-17-10-12-20(13-11-17)31-25-22(16-27-31)26(33)30(18(2)28-25)15-14-24(32)29-23-9-5-7-19-6-3-4-8-21(19)23/h3-13,16H,14-15H2,1-2H3,(H,29,32). The molecule has 7 nitrogen and oxygen atoms in total. The molecule has 0 bridgehead atoms. The van der Waals surface area contributed by atoms with Crippen LogP contribution >= 0.6 is 0 Å². The highest BCUT2D eigenvalue weighted by atomic mass is 16.2. The predicted octanol–water partition coefficient (Wildman–Crippen LogP) is 4.38. The fourth-order valence-electron chi connectivity index (χ4n) is 4.01. The van der Waals surface area contributed by atoms with Gasteiger partial charge in [0.2, 0.25) is 5.91 Å². The third kappa shape index (κ3) is 3.89. The van der Waals surface area contributed by atoms with Crippen LogP contribution < -0.4 is 10.9 Å². The molecule has 164 valence electrons. The third-order valence-corrected chi connectivity index (χ3v) is 5.78. The normalized spacial score (nSPS) is 11.2. The smallest absolute Gasteiger partial charge is 0.264 e. The lowest BCUT2D eigenvalue weighted by Crippen LogP contribution is -2.26. The molecule has 0 unspecified atom stereocenters. The first kappa shape index (κ1) is 20.6. The second-order valence-electron chi connectivity index (χ2n) is 8.07. The van der Waals surface area contributed by atoms with Crippen molar-refractivity contribution in [1.82, 2.24) is 19.3 Å². The lowest BCUT2D eigenvalue weighted by molar-refractivity contribution is -0.116. The van der Waals surface area contributed by atoms with Crippen LogP contribution in [0.2, 0.25) is 0 Å². The molecule has 5 aromatic rings. The number of aryl methyl sites for hydroxylation is 2. The molecule has 0 aliphatic heterocycles. The fourth-order valence-corrected chi connectivity index (χ4v) is 4.01. The number of carbonyl (C=O) groups excluding carboxylic acids is 1. The Morgan fingerprint density at radius 3 is 2.52 bits per heavy atom. The van der Waals surface area contributed by atoms with E-state index in [4.69, 9.17) is 0 Å². The van der Waals surface area contributed by atoms with Crippen LogP contribution in [0, 0.1) is 13.8 Å². The SMILES string of the molecule is Cc1ccc(-n2ncc3c(=O)n(CCC(=O)Nc4cccc5ccccc45)c(C)nc32)cc1. The van der Waals surface area contributed by atoms with Gasteiger partial charge in [0.15, 0.2) is 5.65 Å². The molecule has 0 atom stereocenters. The predicted molar refractivity (Wildman–Crippen MR) is 130 cm³/mol. The lowest BCUT2D eigenvalue weighted by Gasteiger charge is -2.12. The first-order valence-corrected chi connectivity index (χ1v) is 10.8. The summed E-state index contributed by atoms with van der Waals surface area (Å²) in [6, 6.07) is 21.6. The minimum absolute atomic E-state index is 0.156. The van der Waals surface area contributed by atoms with Gasteiger partial charge in [-0.05, 0) is 37.4 Å². The molecule has 0 aliphatic rings. The molecule has 0 saturated heterocycles. The van der Waals surface area contributed by atoms with Crippen LogP contribution in [0.3, 0.4) is 0 Å². The summed E-state index contributed by atoms with van der Waals surface area (Å²) in [5.41, 5.74) is 3.05. The summed E-state index contributed by atoms with van der Waals surface area (Å²) in [5.74, 6) is 0.382. The highest BCUT2D eigenvalue weighted by Crippen LogP contribution is 2.23. The Labute approximate surface area is 190 Å². The number of fused-ring (bicyclic) bond motifs is 2. The second kappa shape index (κ2) is 8.35. The highest BCUT2D eigenvalue weighted by Gasteiger charge is 2.15. The Morgan fingerprint density at radius 2 is 1.70 bits per heavy atom. The molecule has 2 heterocycles. The molecule has 0 fully saturated rings. The Morgan fingerprint density at radius 1 is 0.939 bits per heavy atom. The molecule has 33 heavy (non-hydrogen) atoms. The van der Waals surface area contributed by atoms with E-state index in [-0.39, 0.29) is 24.4 Å². The minimum Gasteiger partial charge on any atom is -0.325 e. The van der Waals surface area contributed by atoms with E-state index in [1.165, 1.54) is 10.8 Å². The molecular formula is C26H23N5O2. The number of nitrogens with zero attached hydrogens (tertiary/aromatic N) is 4. The summed E-state index contributed by atoms with van der Waals surface area (Å²) in [4.78, 5) is 30.4. The minimum atomic E-state index is -0.200. The van der Waals surface area contributed by atoms with Crippen LogP contribution in [0.25, 0.3) is 27.5 Å². The topological polar surface area (TPSA) is 81.8 Å². The lowest BCUT2D eigenvalue weighted by atomic mass is 10.1. The maximum Gasteiger partial charge on any atom is 0.264 e. The van der Waals surface area contributed by atoms with Crippen LogP contribution in [-0.2, 0) is 11.3 Å². The van der Waals surface area contributed by atoms with Crippen molar-refractivity contribution in [1.29, 1.82) is 0 Å². The summed E-state index contributed by atoms with van der Waals surface area (Å²) in [5, 5.41) is 9.81. The van der Waals surface area contributed by atoms with E-state index in [1.807, 2.05) is 73.7 Å². The first-order valence-electron chi connectivity index (χ1n) is 10.8. The molecule has 0 radical (unpaired) electrons. The summed E-state index contributed by atoms with van der Waals surface area (Å²) < 4.78 is 3.20. The van der Waals surface area contributed by atoms with Gasteiger partial charge in [0.1, 0.15) is 11.2 Å². The molecule has 1 amide bonds. The van der Waals surface area contributed by atoms with E-state index in [0.717, 1.165) is 27.7 Å².